The smallest absolute Gasteiger partial charge is 0.277 e. The molecule has 1 aliphatic heterocycles. The van der Waals surface area contributed by atoms with Gasteiger partial charge in [-0.1, -0.05) is 0 Å². The minimum absolute atomic E-state index is 0.00259. The number of hydrogen-bond donors (Lipinski definition) is 1. The SMILES string of the molecule is CCn1[nH]cc(C(=O)c2cc(C)c3c(c2C)C(=O)C=CS3(=O)=O)c1=O. The van der Waals surface area contributed by atoms with Crippen LogP contribution in [0.1, 0.15) is 44.3 Å². The Morgan fingerprint density at radius 2 is 1.88 bits per heavy atom. The van der Waals surface area contributed by atoms with E-state index in [-0.39, 0.29) is 27.1 Å². The molecule has 0 amide bonds. The number of nitrogens with zero attached hydrogens (tertiary/aromatic N) is 1. The number of benzene rings is 1. The molecule has 0 fully saturated rings. The number of aromatic amines is 1. The molecule has 0 unspecified atom stereocenters. The molecule has 2 heterocycles. The van der Waals surface area contributed by atoms with Gasteiger partial charge in [-0.25, -0.2) is 8.42 Å². The highest BCUT2D eigenvalue weighted by molar-refractivity contribution is 7.94. The van der Waals surface area contributed by atoms with E-state index in [2.05, 4.69) is 5.10 Å². The van der Waals surface area contributed by atoms with Gasteiger partial charge in [-0.05, 0) is 44.0 Å². The largest absolute Gasteiger partial charge is 0.302 e. The van der Waals surface area contributed by atoms with Gasteiger partial charge in [-0.3, -0.25) is 19.1 Å². The zero-order chi connectivity index (χ0) is 18.5. The minimum atomic E-state index is -3.73. The lowest BCUT2D eigenvalue weighted by molar-refractivity contribution is 0.103. The molecule has 0 atom stereocenters. The maximum absolute atomic E-state index is 12.8. The van der Waals surface area contributed by atoms with E-state index in [4.69, 9.17) is 0 Å². The van der Waals surface area contributed by atoms with Crippen LogP contribution in [-0.2, 0) is 16.4 Å². The molecule has 0 bridgehead atoms. The van der Waals surface area contributed by atoms with Crippen molar-refractivity contribution in [3.05, 3.63) is 61.9 Å². The van der Waals surface area contributed by atoms with Gasteiger partial charge in [-0.2, -0.15) is 0 Å². The topological polar surface area (TPSA) is 106 Å². The number of hydrogen-bond acceptors (Lipinski definition) is 5. The van der Waals surface area contributed by atoms with Crippen molar-refractivity contribution in [3.63, 3.8) is 0 Å². The molecule has 1 aromatic heterocycles. The van der Waals surface area contributed by atoms with Crippen LogP contribution in [-0.4, -0.2) is 29.8 Å². The first-order valence-corrected chi connectivity index (χ1v) is 9.18. The molecule has 25 heavy (non-hydrogen) atoms. The molecular weight excluding hydrogens is 344 g/mol. The number of rotatable bonds is 3. The highest BCUT2D eigenvalue weighted by Gasteiger charge is 2.31. The van der Waals surface area contributed by atoms with Crippen molar-refractivity contribution in [1.82, 2.24) is 9.78 Å². The first-order chi connectivity index (χ1) is 11.7. The van der Waals surface area contributed by atoms with Gasteiger partial charge >= 0.3 is 0 Å². The van der Waals surface area contributed by atoms with Crippen LogP contribution in [0.15, 0.2) is 33.4 Å². The van der Waals surface area contributed by atoms with Gasteiger partial charge in [0.05, 0.1) is 4.90 Å². The first kappa shape index (κ1) is 17.1. The van der Waals surface area contributed by atoms with E-state index < -0.39 is 27.0 Å². The highest BCUT2D eigenvalue weighted by atomic mass is 32.2. The van der Waals surface area contributed by atoms with Gasteiger partial charge < -0.3 is 5.10 Å². The fourth-order valence-corrected chi connectivity index (χ4v) is 4.53. The van der Waals surface area contributed by atoms with Crippen molar-refractivity contribution in [2.45, 2.75) is 32.2 Å². The summed E-state index contributed by atoms with van der Waals surface area (Å²) < 4.78 is 25.8. The molecule has 0 radical (unpaired) electrons. The summed E-state index contributed by atoms with van der Waals surface area (Å²) in [4.78, 5) is 37.2. The molecule has 0 saturated carbocycles. The molecular formula is C17H16N2O5S. The Morgan fingerprint density at radius 1 is 1.20 bits per heavy atom. The number of carbonyl (C=O) groups is 2. The second kappa shape index (κ2) is 5.66. The Kier molecular flexibility index (Phi) is 3.87. The third-order valence-corrected chi connectivity index (χ3v) is 5.89. The maximum Gasteiger partial charge on any atom is 0.277 e. The molecule has 3 rings (SSSR count). The fraction of sp³-hybridized carbons (Fsp3) is 0.235. The molecule has 2 aromatic rings. The Balaban J connectivity index is 2.27. The zero-order valence-corrected chi connectivity index (χ0v) is 14.7. The van der Waals surface area contributed by atoms with Gasteiger partial charge in [0.2, 0.25) is 9.84 Å². The Morgan fingerprint density at radius 3 is 2.48 bits per heavy atom. The van der Waals surface area contributed by atoms with E-state index in [1.807, 2.05) is 0 Å². The number of aromatic nitrogens is 2. The van der Waals surface area contributed by atoms with Crippen LogP contribution in [0.2, 0.25) is 0 Å². The molecule has 0 saturated heterocycles. The van der Waals surface area contributed by atoms with Crippen LogP contribution >= 0.6 is 0 Å². The van der Waals surface area contributed by atoms with Crippen LogP contribution in [0.4, 0.5) is 0 Å². The summed E-state index contributed by atoms with van der Waals surface area (Å²) in [6, 6.07) is 1.42. The lowest BCUT2D eigenvalue weighted by Crippen LogP contribution is -2.23. The standard InChI is InChI=1S/C17H16N2O5S/c1-4-19-17(22)12(8-18-19)15(21)11-7-9(2)16-14(10(11)3)13(20)5-6-25(16,23)24/h5-8,18H,4H2,1-3H3. The van der Waals surface area contributed by atoms with Gasteiger partial charge in [0.25, 0.3) is 5.56 Å². The van der Waals surface area contributed by atoms with Gasteiger partial charge in [0.1, 0.15) is 5.56 Å². The van der Waals surface area contributed by atoms with Crippen molar-refractivity contribution in [2.75, 3.05) is 0 Å². The van der Waals surface area contributed by atoms with E-state index in [9.17, 15) is 22.8 Å². The molecule has 0 spiro atoms. The molecule has 130 valence electrons. The number of sulfone groups is 1. The van der Waals surface area contributed by atoms with Crippen LogP contribution in [0.3, 0.4) is 0 Å². The van der Waals surface area contributed by atoms with Crippen LogP contribution < -0.4 is 5.56 Å². The lowest BCUT2D eigenvalue weighted by atomic mass is 9.92. The van der Waals surface area contributed by atoms with Gasteiger partial charge in [0, 0.05) is 29.3 Å². The summed E-state index contributed by atoms with van der Waals surface area (Å²) in [5.41, 5.74) is 0.193. The number of nitrogens with one attached hydrogen (secondary N) is 1. The van der Waals surface area contributed by atoms with E-state index in [0.29, 0.717) is 12.1 Å². The number of carbonyl (C=O) groups excluding carboxylic acids is 2. The highest BCUT2D eigenvalue weighted by Crippen LogP contribution is 2.32. The lowest BCUT2D eigenvalue weighted by Gasteiger charge is -2.18. The van der Waals surface area contributed by atoms with E-state index in [0.717, 1.165) is 11.5 Å². The second-order valence-electron chi connectivity index (χ2n) is 5.85. The Bertz CT molecular complexity index is 1120. The predicted octanol–water partition coefficient (Wildman–Crippen LogP) is 1.53. The monoisotopic (exact) mass is 360 g/mol. The zero-order valence-electron chi connectivity index (χ0n) is 13.9. The van der Waals surface area contributed by atoms with E-state index in [1.165, 1.54) is 30.8 Å². The average molecular weight is 360 g/mol. The third kappa shape index (κ3) is 2.49. The summed E-state index contributed by atoms with van der Waals surface area (Å²) in [5.74, 6) is -1.02. The minimum Gasteiger partial charge on any atom is -0.302 e. The van der Waals surface area contributed by atoms with E-state index in [1.54, 1.807) is 6.92 Å². The van der Waals surface area contributed by atoms with Crippen molar-refractivity contribution in [3.8, 4) is 0 Å². The molecule has 1 N–H and O–H groups in total. The quantitative estimate of drug-likeness (QED) is 0.836. The number of fused-ring (bicyclic) bond motifs is 1. The normalized spacial score (nSPS) is 15.2. The van der Waals surface area contributed by atoms with Crippen LogP contribution in [0, 0.1) is 13.8 Å². The van der Waals surface area contributed by atoms with Crippen LogP contribution in [0.25, 0.3) is 0 Å². The first-order valence-electron chi connectivity index (χ1n) is 7.63. The number of allylic oxidation sites excluding steroid dienone is 1. The summed E-state index contributed by atoms with van der Waals surface area (Å²) >= 11 is 0. The molecule has 1 aromatic carbocycles. The molecule has 0 aliphatic carbocycles. The second-order valence-corrected chi connectivity index (χ2v) is 7.62. The molecule has 1 aliphatic rings. The number of aryl methyl sites for hydroxylation is 2. The summed E-state index contributed by atoms with van der Waals surface area (Å²) in [6.45, 7) is 5.19. The van der Waals surface area contributed by atoms with Crippen molar-refractivity contribution in [2.24, 2.45) is 0 Å². The maximum atomic E-state index is 12.8. The van der Waals surface area contributed by atoms with Crippen molar-refractivity contribution >= 4 is 21.4 Å². The average Bonchev–Trinajstić information content (AvgIpc) is 2.93. The fourth-order valence-electron chi connectivity index (χ4n) is 3.05. The Hall–Kier alpha value is -2.74. The number of ketones is 2. The third-order valence-electron chi connectivity index (χ3n) is 4.30. The molecule has 7 nitrogen and oxygen atoms in total. The summed E-state index contributed by atoms with van der Waals surface area (Å²) in [5, 5.41) is 3.57. The van der Waals surface area contributed by atoms with Crippen molar-refractivity contribution in [1.29, 1.82) is 0 Å². The molecule has 8 heteroatoms. The van der Waals surface area contributed by atoms with Crippen LogP contribution in [0.5, 0.6) is 0 Å². The summed E-state index contributed by atoms with van der Waals surface area (Å²) in [6.07, 6.45) is 2.31. The summed E-state index contributed by atoms with van der Waals surface area (Å²) in [7, 11) is -3.73. The van der Waals surface area contributed by atoms with E-state index >= 15 is 0 Å². The predicted molar refractivity (Wildman–Crippen MR) is 90.7 cm³/mol. The Labute approximate surface area is 143 Å². The van der Waals surface area contributed by atoms with Gasteiger partial charge in [0.15, 0.2) is 11.6 Å². The van der Waals surface area contributed by atoms with Gasteiger partial charge in [-0.15, -0.1) is 0 Å². The number of H-pyrrole nitrogens is 1. The van der Waals surface area contributed by atoms with Crippen molar-refractivity contribution < 1.29 is 18.0 Å².